The maximum Gasteiger partial charge on any atom is 0.258 e. The summed E-state index contributed by atoms with van der Waals surface area (Å²) < 4.78 is 0. The van der Waals surface area contributed by atoms with Crippen LogP contribution in [0.1, 0.15) is 44.3 Å². The van der Waals surface area contributed by atoms with Crippen molar-refractivity contribution < 1.29 is 4.79 Å². The number of amides is 1. The van der Waals surface area contributed by atoms with E-state index >= 15 is 0 Å². The summed E-state index contributed by atoms with van der Waals surface area (Å²) >= 11 is 6.88. The fourth-order valence-electron chi connectivity index (χ4n) is 6.31. The van der Waals surface area contributed by atoms with Crippen LogP contribution < -0.4 is 5.56 Å². The number of carbonyl (C=O) groups is 1. The van der Waals surface area contributed by atoms with Crippen LogP contribution in [0.4, 0.5) is 0 Å². The lowest BCUT2D eigenvalue weighted by molar-refractivity contribution is -0.155. The first-order valence-electron chi connectivity index (χ1n) is 9.78. The lowest BCUT2D eigenvalue weighted by Gasteiger charge is -2.59. The third-order valence-electron chi connectivity index (χ3n) is 6.84. The molecular formula is C21H24ClN3O2. The highest BCUT2D eigenvalue weighted by Crippen LogP contribution is 2.64. The Kier molecular flexibility index (Phi) is 3.71. The van der Waals surface area contributed by atoms with Crippen LogP contribution in [0.5, 0.6) is 0 Å². The first-order chi connectivity index (χ1) is 12.9. The molecule has 0 saturated heterocycles. The van der Waals surface area contributed by atoms with Crippen molar-refractivity contribution in [1.82, 2.24) is 14.9 Å². The van der Waals surface area contributed by atoms with Crippen LogP contribution in [-0.4, -0.2) is 32.7 Å². The maximum absolute atomic E-state index is 13.4. The van der Waals surface area contributed by atoms with Crippen molar-refractivity contribution in [3.8, 4) is 0 Å². The Hall–Kier alpha value is -1.88. The first-order valence-corrected chi connectivity index (χ1v) is 10.2. The van der Waals surface area contributed by atoms with Gasteiger partial charge in [0.15, 0.2) is 0 Å². The molecule has 0 spiro atoms. The van der Waals surface area contributed by atoms with Gasteiger partial charge in [-0.3, -0.25) is 9.59 Å². The molecule has 27 heavy (non-hydrogen) atoms. The molecule has 4 atom stereocenters. The van der Waals surface area contributed by atoms with E-state index in [1.165, 1.54) is 6.42 Å². The first kappa shape index (κ1) is 17.2. The van der Waals surface area contributed by atoms with Gasteiger partial charge in [0.1, 0.15) is 5.82 Å². The molecule has 5 nitrogen and oxygen atoms in total. The average molecular weight is 386 g/mol. The molecule has 6 heteroatoms. The maximum atomic E-state index is 13.4. The predicted molar refractivity (Wildman–Crippen MR) is 105 cm³/mol. The Bertz CT molecular complexity index is 971. The van der Waals surface area contributed by atoms with Gasteiger partial charge in [-0.25, -0.2) is 4.98 Å². The highest BCUT2D eigenvalue weighted by Gasteiger charge is 2.60. The second-order valence-electron chi connectivity index (χ2n) is 9.08. The number of rotatable bonds is 3. The zero-order chi connectivity index (χ0) is 18.8. The fraction of sp³-hybridized carbons (Fsp3) is 0.571. The summed E-state index contributed by atoms with van der Waals surface area (Å²) in [6.07, 6.45) is 6.06. The number of hydrogen-bond acceptors (Lipinski definition) is 3. The molecule has 0 radical (unpaired) electrons. The number of nitrogens with one attached hydrogen (secondary N) is 1. The van der Waals surface area contributed by atoms with Crippen LogP contribution >= 0.6 is 11.6 Å². The van der Waals surface area contributed by atoms with E-state index in [4.69, 9.17) is 11.6 Å². The van der Waals surface area contributed by atoms with E-state index in [2.05, 4.69) is 9.97 Å². The average Bonchev–Trinajstić information content (AvgIpc) is 2.59. The molecule has 4 saturated carbocycles. The number of para-hydroxylation sites is 1. The van der Waals surface area contributed by atoms with E-state index in [1.807, 2.05) is 25.2 Å². The summed E-state index contributed by atoms with van der Waals surface area (Å²) in [6.45, 7) is 0.311. The number of fused-ring (bicyclic) bond motifs is 1. The Morgan fingerprint density at radius 1 is 1.26 bits per heavy atom. The highest BCUT2D eigenvalue weighted by atomic mass is 35.5. The Balaban J connectivity index is 1.41. The summed E-state index contributed by atoms with van der Waals surface area (Å²) in [4.78, 5) is 34.7. The van der Waals surface area contributed by atoms with E-state index in [9.17, 15) is 9.59 Å². The van der Waals surface area contributed by atoms with Crippen LogP contribution in [0.2, 0.25) is 0 Å². The molecular weight excluding hydrogens is 362 g/mol. The molecule has 4 fully saturated rings. The summed E-state index contributed by atoms with van der Waals surface area (Å²) in [5.41, 5.74) is 0.176. The Labute approximate surface area is 163 Å². The molecule has 4 aliphatic rings. The van der Waals surface area contributed by atoms with Crippen LogP contribution in [-0.2, 0) is 11.3 Å². The SMILES string of the molecule is CN(Cc1nc2ccccc2c(=O)[nH]1)C(=O)C12C[C@@H]3C[C@@H](CC(Cl)(C3)C1)C2. The van der Waals surface area contributed by atoms with E-state index in [0.29, 0.717) is 35.1 Å². The van der Waals surface area contributed by atoms with Gasteiger partial charge in [-0.05, 0) is 62.5 Å². The number of nitrogens with zero attached hydrogens (tertiary/aromatic N) is 2. The van der Waals surface area contributed by atoms with Gasteiger partial charge in [0.25, 0.3) is 5.56 Å². The largest absolute Gasteiger partial charge is 0.338 e. The lowest BCUT2D eigenvalue weighted by atomic mass is 9.49. The van der Waals surface area contributed by atoms with Gasteiger partial charge in [0, 0.05) is 11.9 Å². The summed E-state index contributed by atoms with van der Waals surface area (Å²) in [6, 6.07) is 7.27. The molecule has 1 amide bonds. The topological polar surface area (TPSA) is 66.1 Å². The molecule has 142 valence electrons. The normalized spacial score (nSPS) is 34.1. The molecule has 4 bridgehead atoms. The van der Waals surface area contributed by atoms with E-state index < -0.39 is 0 Å². The van der Waals surface area contributed by atoms with Gasteiger partial charge in [0.2, 0.25) is 5.91 Å². The molecule has 0 aliphatic heterocycles. The van der Waals surface area contributed by atoms with Gasteiger partial charge in [0.05, 0.1) is 22.9 Å². The van der Waals surface area contributed by atoms with Crippen molar-refractivity contribution >= 4 is 28.4 Å². The molecule has 1 N–H and O–H groups in total. The third-order valence-corrected chi connectivity index (χ3v) is 7.28. The van der Waals surface area contributed by atoms with Crippen molar-refractivity contribution in [3.63, 3.8) is 0 Å². The number of aromatic nitrogens is 2. The number of aromatic amines is 1. The lowest BCUT2D eigenvalue weighted by Crippen LogP contribution is -2.58. The van der Waals surface area contributed by atoms with Gasteiger partial charge in [-0.1, -0.05) is 12.1 Å². The molecule has 2 aromatic rings. The van der Waals surface area contributed by atoms with E-state index in [-0.39, 0.29) is 21.8 Å². The molecule has 2 unspecified atom stereocenters. The molecule has 1 aromatic heterocycles. The van der Waals surface area contributed by atoms with Crippen molar-refractivity contribution in [2.24, 2.45) is 17.3 Å². The van der Waals surface area contributed by atoms with Crippen LogP contribution in [0.15, 0.2) is 29.1 Å². The minimum Gasteiger partial charge on any atom is -0.338 e. The van der Waals surface area contributed by atoms with Gasteiger partial charge in [-0.2, -0.15) is 0 Å². The van der Waals surface area contributed by atoms with Crippen molar-refractivity contribution in [3.05, 3.63) is 40.4 Å². The summed E-state index contributed by atoms with van der Waals surface area (Å²) in [5.74, 6) is 1.86. The minimum absolute atomic E-state index is 0.161. The van der Waals surface area contributed by atoms with E-state index in [1.54, 1.807) is 11.0 Å². The summed E-state index contributed by atoms with van der Waals surface area (Å²) in [7, 11) is 1.82. The van der Waals surface area contributed by atoms with Gasteiger partial charge >= 0.3 is 0 Å². The second kappa shape index (κ2) is 5.81. The quantitative estimate of drug-likeness (QED) is 0.823. The number of halogens is 1. The number of H-pyrrole nitrogens is 1. The van der Waals surface area contributed by atoms with Crippen molar-refractivity contribution in [2.45, 2.75) is 49.9 Å². The molecule has 4 aliphatic carbocycles. The third kappa shape index (κ3) is 2.78. The molecule has 1 heterocycles. The monoisotopic (exact) mass is 385 g/mol. The minimum atomic E-state index is -0.322. The second-order valence-corrected chi connectivity index (χ2v) is 9.89. The zero-order valence-corrected chi connectivity index (χ0v) is 16.3. The van der Waals surface area contributed by atoms with Crippen molar-refractivity contribution in [2.75, 3.05) is 7.05 Å². The molecule has 1 aromatic carbocycles. The smallest absolute Gasteiger partial charge is 0.258 e. The Morgan fingerprint density at radius 3 is 2.67 bits per heavy atom. The standard InChI is InChI=1S/C21H24ClN3O2/c1-25(11-17-23-16-5-3-2-4-15(16)18(26)24-17)19(27)20-7-13-6-14(8-20)10-21(22,9-13)12-20/h2-5,13-14H,6-12H2,1H3,(H,23,24,26)/t13-,14+,20?,21?. The Morgan fingerprint density at radius 2 is 1.96 bits per heavy atom. The van der Waals surface area contributed by atoms with E-state index in [0.717, 1.165) is 32.1 Å². The number of carbonyl (C=O) groups excluding carboxylic acids is 1. The van der Waals surface area contributed by atoms with Crippen LogP contribution in [0.3, 0.4) is 0 Å². The van der Waals surface area contributed by atoms with Crippen molar-refractivity contribution in [1.29, 1.82) is 0 Å². The number of hydrogen-bond donors (Lipinski definition) is 1. The van der Waals surface area contributed by atoms with Gasteiger partial charge in [-0.15, -0.1) is 11.6 Å². The van der Waals surface area contributed by atoms with Crippen LogP contribution in [0.25, 0.3) is 10.9 Å². The fourth-order valence-corrected chi connectivity index (χ4v) is 7.00. The van der Waals surface area contributed by atoms with Gasteiger partial charge < -0.3 is 9.88 Å². The molecule has 6 rings (SSSR count). The highest BCUT2D eigenvalue weighted by molar-refractivity contribution is 6.24. The number of benzene rings is 1. The zero-order valence-electron chi connectivity index (χ0n) is 15.5. The summed E-state index contributed by atoms with van der Waals surface area (Å²) in [5, 5.41) is 0.570. The van der Waals surface area contributed by atoms with Crippen LogP contribution in [0, 0.1) is 17.3 Å². The number of alkyl halides is 1. The predicted octanol–water partition coefficient (Wildman–Crippen LogP) is 3.46.